The SMILES string of the molecule is CC1CC1C(=O)Nc1ccc(S(N)(=O)=O)c(Br)c1. The molecule has 2 rings (SSSR count). The molecule has 1 saturated carbocycles. The number of rotatable bonds is 3. The fourth-order valence-electron chi connectivity index (χ4n) is 1.73. The summed E-state index contributed by atoms with van der Waals surface area (Å²) >= 11 is 3.13. The Morgan fingerprint density at radius 3 is 2.56 bits per heavy atom. The highest BCUT2D eigenvalue weighted by atomic mass is 79.9. The van der Waals surface area contributed by atoms with E-state index in [-0.39, 0.29) is 16.7 Å². The van der Waals surface area contributed by atoms with Gasteiger partial charge in [0.2, 0.25) is 15.9 Å². The van der Waals surface area contributed by atoms with Gasteiger partial charge in [-0.15, -0.1) is 0 Å². The molecule has 1 aromatic carbocycles. The maximum absolute atomic E-state index is 11.7. The lowest BCUT2D eigenvalue weighted by atomic mass is 10.3. The smallest absolute Gasteiger partial charge is 0.239 e. The Balaban J connectivity index is 2.17. The van der Waals surface area contributed by atoms with Crippen molar-refractivity contribution in [2.24, 2.45) is 17.0 Å². The molecule has 5 nitrogen and oxygen atoms in total. The van der Waals surface area contributed by atoms with Gasteiger partial charge >= 0.3 is 0 Å². The molecule has 7 heteroatoms. The molecule has 1 aliphatic carbocycles. The molecule has 0 spiro atoms. The van der Waals surface area contributed by atoms with E-state index in [0.29, 0.717) is 16.1 Å². The van der Waals surface area contributed by atoms with Gasteiger partial charge in [-0.2, -0.15) is 0 Å². The number of anilines is 1. The lowest BCUT2D eigenvalue weighted by Crippen LogP contribution is -2.16. The van der Waals surface area contributed by atoms with Crippen molar-refractivity contribution in [2.75, 3.05) is 5.32 Å². The van der Waals surface area contributed by atoms with Crippen LogP contribution < -0.4 is 10.5 Å². The van der Waals surface area contributed by atoms with Crippen LogP contribution in [0.4, 0.5) is 5.69 Å². The molecule has 0 bridgehead atoms. The van der Waals surface area contributed by atoms with Gasteiger partial charge < -0.3 is 5.32 Å². The lowest BCUT2D eigenvalue weighted by molar-refractivity contribution is -0.117. The molecule has 3 N–H and O–H groups in total. The normalized spacial score (nSPS) is 22.6. The highest BCUT2D eigenvalue weighted by Gasteiger charge is 2.39. The Bertz CT molecular complexity index is 600. The summed E-state index contributed by atoms with van der Waals surface area (Å²) in [7, 11) is -3.75. The average molecular weight is 333 g/mol. The number of sulfonamides is 1. The molecule has 1 amide bonds. The molecule has 1 aliphatic rings. The highest BCUT2D eigenvalue weighted by molar-refractivity contribution is 9.10. The second kappa shape index (κ2) is 4.64. The van der Waals surface area contributed by atoms with Gasteiger partial charge in [0.1, 0.15) is 0 Å². The summed E-state index contributed by atoms with van der Waals surface area (Å²) in [4.78, 5) is 11.7. The standard InChI is InChI=1S/C11H13BrN2O3S/c1-6-4-8(6)11(15)14-7-2-3-10(9(12)5-7)18(13,16)17/h2-3,5-6,8H,4H2,1H3,(H,14,15)(H2,13,16,17). The fraction of sp³-hybridized carbons (Fsp3) is 0.364. The maximum atomic E-state index is 11.7. The van der Waals surface area contributed by atoms with Crippen molar-refractivity contribution in [3.63, 3.8) is 0 Å². The topological polar surface area (TPSA) is 89.3 Å². The van der Waals surface area contributed by atoms with Crippen molar-refractivity contribution in [3.8, 4) is 0 Å². The zero-order valence-corrected chi connectivity index (χ0v) is 12.1. The van der Waals surface area contributed by atoms with E-state index >= 15 is 0 Å². The minimum absolute atomic E-state index is 0.000268. The fourth-order valence-corrected chi connectivity index (χ4v) is 3.38. The summed E-state index contributed by atoms with van der Waals surface area (Å²) in [6.07, 6.45) is 0.905. The summed E-state index contributed by atoms with van der Waals surface area (Å²) in [5.74, 6) is 0.469. The highest BCUT2D eigenvalue weighted by Crippen LogP contribution is 2.38. The molecule has 2 atom stereocenters. The van der Waals surface area contributed by atoms with E-state index in [1.54, 1.807) is 0 Å². The number of nitrogens with two attached hydrogens (primary N) is 1. The number of halogens is 1. The van der Waals surface area contributed by atoms with Crippen LogP contribution in [0.3, 0.4) is 0 Å². The van der Waals surface area contributed by atoms with Crippen LogP contribution in [0.25, 0.3) is 0 Å². The minimum atomic E-state index is -3.75. The maximum Gasteiger partial charge on any atom is 0.239 e. The Morgan fingerprint density at radius 2 is 2.11 bits per heavy atom. The van der Waals surface area contributed by atoms with Gasteiger partial charge in [-0.05, 0) is 46.5 Å². The van der Waals surface area contributed by atoms with Crippen LogP contribution in [-0.2, 0) is 14.8 Å². The molecule has 98 valence electrons. The van der Waals surface area contributed by atoms with Crippen LogP contribution >= 0.6 is 15.9 Å². The first-order valence-electron chi connectivity index (χ1n) is 5.42. The van der Waals surface area contributed by atoms with Crippen molar-refractivity contribution in [3.05, 3.63) is 22.7 Å². The molecular weight excluding hydrogens is 320 g/mol. The van der Waals surface area contributed by atoms with E-state index in [4.69, 9.17) is 5.14 Å². The molecule has 0 aromatic heterocycles. The Hall–Kier alpha value is -0.920. The van der Waals surface area contributed by atoms with Crippen LogP contribution in [0, 0.1) is 11.8 Å². The van der Waals surface area contributed by atoms with E-state index in [0.717, 1.165) is 6.42 Å². The van der Waals surface area contributed by atoms with Crippen molar-refractivity contribution >= 4 is 37.5 Å². The van der Waals surface area contributed by atoms with Gasteiger partial charge in [-0.25, -0.2) is 13.6 Å². The largest absolute Gasteiger partial charge is 0.326 e. The molecular formula is C11H13BrN2O3S. The van der Waals surface area contributed by atoms with Crippen LogP contribution in [0.1, 0.15) is 13.3 Å². The first-order valence-corrected chi connectivity index (χ1v) is 7.76. The zero-order valence-electron chi connectivity index (χ0n) is 9.68. The summed E-state index contributed by atoms with van der Waals surface area (Å²) in [6.45, 7) is 2.02. The average Bonchev–Trinajstić information content (AvgIpc) is 2.93. The van der Waals surface area contributed by atoms with Crippen LogP contribution in [-0.4, -0.2) is 14.3 Å². The molecule has 0 saturated heterocycles. The molecule has 1 aromatic rings. The molecule has 0 heterocycles. The van der Waals surface area contributed by atoms with E-state index in [2.05, 4.69) is 21.2 Å². The quantitative estimate of drug-likeness (QED) is 0.882. The predicted molar refractivity (Wildman–Crippen MR) is 71.4 cm³/mol. The third kappa shape index (κ3) is 2.90. The van der Waals surface area contributed by atoms with E-state index in [1.165, 1.54) is 18.2 Å². The van der Waals surface area contributed by atoms with Crippen molar-refractivity contribution in [2.45, 2.75) is 18.2 Å². The van der Waals surface area contributed by atoms with Gasteiger partial charge in [-0.1, -0.05) is 6.92 Å². The number of nitrogens with one attached hydrogen (secondary N) is 1. The lowest BCUT2D eigenvalue weighted by Gasteiger charge is -2.07. The van der Waals surface area contributed by atoms with E-state index in [1.807, 2.05) is 6.92 Å². The van der Waals surface area contributed by atoms with Gasteiger partial charge in [0, 0.05) is 16.1 Å². The van der Waals surface area contributed by atoms with Gasteiger partial charge in [0.15, 0.2) is 0 Å². The summed E-state index contributed by atoms with van der Waals surface area (Å²) in [5, 5.41) is 7.79. The first kappa shape index (κ1) is 13.5. The van der Waals surface area contributed by atoms with Crippen molar-refractivity contribution in [1.82, 2.24) is 0 Å². The van der Waals surface area contributed by atoms with Crippen LogP contribution in [0.5, 0.6) is 0 Å². The number of carbonyl (C=O) groups excluding carboxylic acids is 1. The number of amides is 1. The third-order valence-corrected chi connectivity index (χ3v) is 4.84. The summed E-state index contributed by atoms with van der Waals surface area (Å²) in [5.41, 5.74) is 0.554. The number of carbonyl (C=O) groups is 1. The molecule has 18 heavy (non-hydrogen) atoms. The van der Waals surface area contributed by atoms with E-state index in [9.17, 15) is 13.2 Å². The monoisotopic (exact) mass is 332 g/mol. The van der Waals surface area contributed by atoms with Gasteiger partial charge in [0.25, 0.3) is 0 Å². The number of benzene rings is 1. The number of hydrogen-bond donors (Lipinski definition) is 2. The minimum Gasteiger partial charge on any atom is -0.326 e. The summed E-state index contributed by atoms with van der Waals surface area (Å²) < 4.78 is 22.8. The van der Waals surface area contributed by atoms with Crippen LogP contribution in [0.15, 0.2) is 27.6 Å². The molecule has 0 radical (unpaired) electrons. The molecule has 1 fully saturated rings. The second-order valence-electron chi connectivity index (χ2n) is 4.50. The number of primary sulfonamides is 1. The second-order valence-corrected chi connectivity index (χ2v) is 6.88. The van der Waals surface area contributed by atoms with Gasteiger partial charge in [0.05, 0.1) is 4.90 Å². The van der Waals surface area contributed by atoms with Crippen molar-refractivity contribution in [1.29, 1.82) is 0 Å². The third-order valence-electron chi connectivity index (χ3n) is 2.95. The van der Waals surface area contributed by atoms with Crippen molar-refractivity contribution < 1.29 is 13.2 Å². The predicted octanol–water partition coefficient (Wildman–Crippen LogP) is 1.69. The van der Waals surface area contributed by atoms with E-state index < -0.39 is 10.0 Å². The van der Waals surface area contributed by atoms with Gasteiger partial charge in [-0.3, -0.25) is 4.79 Å². The number of hydrogen-bond acceptors (Lipinski definition) is 3. The Morgan fingerprint density at radius 1 is 1.50 bits per heavy atom. The zero-order chi connectivity index (χ0) is 13.5. The Labute approximate surface area is 114 Å². The van der Waals surface area contributed by atoms with Crippen LogP contribution in [0.2, 0.25) is 0 Å². The molecule has 2 unspecified atom stereocenters. The Kier molecular flexibility index (Phi) is 3.48. The summed E-state index contributed by atoms with van der Waals surface area (Å²) in [6, 6.07) is 4.42. The molecule has 0 aliphatic heterocycles. The first-order chi connectivity index (χ1) is 8.29.